The average molecular weight is 323 g/mol. The van der Waals surface area contributed by atoms with Gasteiger partial charge in [-0.05, 0) is 31.0 Å². The molecule has 0 amide bonds. The summed E-state index contributed by atoms with van der Waals surface area (Å²) in [6.07, 6.45) is 9.58. The van der Waals surface area contributed by atoms with Crippen LogP contribution >= 0.6 is 0 Å². The molecule has 0 spiro atoms. The van der Waals surface area contributed by atoms with Crippen molar-refractivity contribution in [2.75, 3.05) is 7.11 Å². The first-order valence-electron chi connectivity index (χ1n) is 8.50. The van der Waals surface area contributed by atoms with E-state index in [1.165, 1.54) is 19.3 Å². The Bertz CT molecular complexity index is 838. The van der Waals surface area contributed by atoms with Crippen molar-refractivity contribution in [3.8, 4) is 11.4 Å². The van der Waals surface area contributed by atoms with Crippen LogP contribution in [0.2, 0.25) is 0 Å². The third-order valence-electron chi connectivity index (χ3n) is 4.60. The molecule has 0 N–H and O–H groups in total. The first-order valence-corrected chi connectivity index (χ1v) is 8.50. The number of nitrogens with zero attached hydrogens (tertiary/aromatic N) is 5. The highest BCUT2D eigenvalue weighted by atomic mass is 16.5. The molecule has 1 fully saturated rings. The Morgan fingerprint density at radius 1 is 1.08 bits per heavy atom. The maximum Gasteiger partial charge on any atom is 0.176 e. The van der Waals surface area contributed by atoms with Gasteiger partial charge in [0.15, 0.2) is 11.6 Å². The maximum atomic E-state index is 5.23. The predicted molar refractivity (Wildman–Crippen MR) is 91.4 cm³/mol. The lowest BCUT2D eigenvalue weighted by Gasteiger charge is -2.23. The summed E-state index contributed by atoms with van der Waals surface area (Å²) in [5.74, 6) is 1.64. The van der Waals surface area contributed by atoms with E-state index in [2.05, 4.69) is 20.7 Å². The molecule has 1 aliphatic carbocycles. The Balaban J connectivity index is 1.78. The van der Waals surface area contributed by atoms with E-state index in [1.807, 2.05) is 12.1 Å². The van der Waals surface area contributed by atoms with E-state index in [0.717, 1.165) is 41.1 Å². The van der Waals surface area contributed by atoms with E-state index < -0.39 is 0 Å². The minimum absolute atomic E-state index is 0.421. The SMILES string of the molecule is COCc1nc(-c2ccc3nccnc3c2)n(C2CCCCC2)n1. The van der Waals surface area contributed by atoms with Crippen LogP contribution in [0.3, 0.4) is 0 Å². The van der Waals surface area contributed by atoms with Crippen molar-refractivity contribution in [3.63, 3.8) is 0 Å². The first kappa shape index (κ1) is 15.2. The van der Waals surface area contributed by atoms with Crippen molar-refractivity contribution in [1.29, 1.82) is 0 Å². The predicted octanol–water partition coefficient (Wildman–Crippen LogP) is 3.54. The molecule has 0 bridgehead atoms. The summed E-state index contributed by atoms with van der Waals surface area (Å²) in [6, 6.07) is 6.51. The summed E-state index contributed by atoms with van der Waals surface area (Å²) in [5.41, 5.74) is 2.80. The van der Waals surface area contributed by atoms with Crippen molar-refractivity contribution < 1.29 is 4.74 Å². The zero-order chi connectivity index (χ0) is 16.4. The summed E-state index contributed by atoms with van der Waals surface area (Å²) in [6.45, 7) is 0.431. The minimum Gasteiger partial charge on any atom is -0.377 e. The van der Waals surface area contributed by atoms with Crippen molar-refractivity contribution in [2.45, 2.75) is 44.8 Å². The summed E-state index contributed by atoms with van der Waals surface area (Å²) in [7, 11) is 1.67. The zero-order valence-corrected chi connectivity index (χ0v) is 13.9. The molecule has 2 aromatic heterocycles. The van der Waals surface area contributed by atoms with Gasteiger partial charge in [-0.2, -0.15) is 5.10 Å². The topological polar surface area (TPSA) is 65.7 Å². The Hall–Kier alpha value is -2.34. The lowest BCUT2D eigenvalue weighted by molar-refractivity contribution is 0.176. The molecule has 4 rings (SSSR count). The molecule has 0 saturated heterocycles. The maximum absolute atomic E-state index is 5.23. The number of hydrogen-bond donors (Lipinski definition) is 0. The molecule has 1 saturated carbocycles. The highest BCUT2D eigenvalue weighted by molar-refractivity contribution is 5.79. The van der Waals surface area contributed by atoms with Gasteiger partial charge in [-0.25, -0.2) is 9.67 Å². The third-order valence-corrected chi connectivity index (χ3v) is 4.60. The quantitative estimate of drug-likeness (QED) is 0.734. The fraction of sp³-hybridized carbons (Fsp3) is 0.444. The number of rotatable bonds is 4. The molecule has 6 nitrogen and oxygen atoms in total. The van der Waals surface area contributed by atoms with Crippen LogP contribution in [0.25, 0.3) is 22.4 Å². The number of fused-ring (bicyclic) bond motifs is 1. The fourth-order valence-corrected chi connectivity index (χ4v) is 3.44. The van der Waals surface area contributed by atoms with E-state index in [9.17, 15) is 0 Å². The Morgan fingerprint density at radius 2 is 1.88 bits per heavy atom. The van der Waals surface area contributed by atoms with Crippen LogP contribution in [0.4, 0.5) is 0 Å². The van der Waals surface area contributed by atoms with Gasteiger partial charge in [-0.1, -0.05) is 19.3 Å². The van der Waals surface area contributed by atoms with Crippen molar-refractivity contribution in [1.82, 2.24) is 24.7 Å². The monoisotopic (exact) mass is 323 g/mol. The van der Waals surface area contributed by atoms with Crippen molar-refractivity contribution in [3.05, 3.63) is 36.4 Å². The van der Waals surface area contributed by atoms with E-state index in [-0.39, 0.29) is 0 Å². The first-order chi connectivity index (χ1) is 11.8. The summed E-state index contributed by atoms with van der Waals surface area (Å²) >= 11 is 0. The Kier molecular flexibility index (Phi) is 4.21. The Labute approximate surface area is 140 Å². The van der Waals surface area contributed by atoms with Gasteiger partial charge in [0.1, 0.15) is 6.61 Å². The molecule has 24 heavy (non-hydrogen) atoms. The minimum atomic E-state index is 0.421. The van der Waals surface area contributed by atoms with Gasteiger partial charge in [-0.3, -0.25) is 9.97 Å². The van der Waals surface area contributed by atoms with Gasteiger partial charge >= 0.3 is 0 Å². The number of ether oxygens (including phenoxy) is 1. The third kappa shape index (κ3) is 2.89. The van der Waals surface area contributed by atoms with Crippen LogP contribution in [-0.4, -0.2) is 31.8 Å². The van der Waals surface area contributed by atoms with Crippen LogP contribution in [-0.2, 0) is 11.3 Å². The standard InChI is InChI=1S/C18H21N5O/c1-24-12-17-21-18(23(22-17)14-5-3-2-4-6-14)13-7-8-15-16(11-13)20-10-9-19-15/h7-11,14H,2-6,12H2,1H3. The van der Waals surface area contributed by atoms with E-state index in [4.69, 9.17) is 14.8 Å². The summed E-state index contributed by atoms with van der Waals surface area (Å²) < 4.78 is 7.33. The molecule has 0 atom stereocenters. The largest absolute Gasteiger partial charge is 0.377 e. The second kappa shape index (κ2) is 6.65. The lowest BCUT2D eigenvalue weighted by atomic mass is 9.95. The van der Waals surface area contributed by atoms with Gasteiger partial charge in [0, 0.05) is 25.1 Å². The second-order valence-electron chi connectivity index (χ2n) is 6.28. The molecule has 2 heterocycles. The number of methoxy groups -OCH3 is 1. The van der Waals surface area contributed by atoms with Crippen LogP contribution < -0.4 is 0 Å². The molecule has 0 unspecified atom stereocenters. The summed E-state index contributed by atoms with van der Waals surface area (Å²) in [5, 5.41) is 4.72. The molecule has 0 aliphatic heterocycles. The molecular formula is C18H21N5O. The van der Waals surface area contributed by atoms with Gasteiger partial charge in [0.2, 0.25) is 0 Å². The van der Waals surface area contributed by atoms with Crippen LogP contribution in [0.5, 0.6) is 0 Å². The van der Waals surface area contributed by atoms with E-state index in [0.29, 0.717) is 12.6 Å². The zero-order valence-electron chi connectivity index (χ0n) is 13.9. The fourth-order valence-electron chi connectivity index (χ4n) is 3.44. The van der Waals surface area contributed by atoms with Crippen LogP contribution in [0.1, 0.15) is 44.0 Å². The Morgan fingerprint density at radius 3 is 2.67 bits per heavy atom. The number of benzene rings is 1. The second-order valence-corrected chi connectivity index (χ2v) is 6.28. The van der Waals surface area contributed by atoms with Crippen LogP contribution in [0, 0.1) is 0 Å². The molecule has 1 aliphatic rings. The number of aromatic nitrogens is 5. The highest BCUT2D eigenvalue weighted by Gasteiger charge is 2.22. The van der Waals surface area contributed by atoms with Crippen LogP contribution in [0.15, 0.2) is 30.6 Å². The van der Waals surface area contributed by atoms with Gasteiger partial charge < -0.3 is 4.74 Å². The van der Waals surface area contributed by atoms with Gasteiger partial charge in [0.25, 0.3) is 0 Å². The highest BCUT2D eigenvalue weighted by Crippen LogP contribution is 2.32. The average Bonchev–Trinajstić information content (AvgIpc) is 3.06. The van der Waals surface area contributed by atoms with Gasteiger partial charge in [-0.15, -0.1) is 0 Å². The normalized spacial score (nSPS) is 15.9. The smallest absolute Gasteiger partial charge is 0.176 e. The molecular weight excluding hydrogens is 302 g/mol. The van der Waals surface area contributed by atoms with Gasteiger partial charge in [0.05, 0.1) is 17.1 Å². The van der Waals surface area contributed by atoms with E-state index >= 15 is 0 Å². The van der Waals surface area contributed by atoms with E-state index in [1.54, 1.807) is 19.5 Å². The molecule has 124 valence electrons. The van der Waals surface area contributed by atoms with Crippen molar-refractivity contribution in [2.24, 2.45) is 0 Å². The molecule has 6 heteroatoms. The number of hydrogen-bond acceptors (Lipinski definition) is 5. The summed E-state index contributed by atoms with van der Waals surface area (Å²) in [4.78, 5) is 13.5. The lowest BCUT2D eigenvalue weighted by Crippen LogP contribution is -2.15. The van der Waals surface area contributed by atoms with Crippen molar-refractivity contribution >= 4 is 11.0 Å². The molecule has 3 aromatic rings. The molecule has 0 radical (unpaired) electrons. The molecule has 1 aromatic carbocycles.